The van der Waals surface area contributed by atoms with E-state index in [0.29, 0.717) is 18.4 Å². The van der Waals surface area contributed by atoms with Gasteiger partial charge in [-0.3, -0.25) is 4.68 Å². The maximum absolute atomic E-state index is 5.63. The lowest BCUT2D eigenvalue weighted by Gasteiger charge is -2.12. The lowest BCUT2D eigenvalue weighted by atomic mass is 10.4. The van der Waals surface area contributed by atoms with Crippen molar-refractivity contribution in [1.29, 1.82) is 0 Å². The molecule has 0 aliphatic carbocycles. The average molecular weight is 248 g/mol. The molecule has 8 nitrogen and oxygen atoms in total. The summed E-state index contributed by atoms with van der Waals surface area (Å²) in [6.07, 6.45) is 1.74. The van der Waals surface area contributed by atoms with Crippen molar-refractivity contribution in [3.63, 3.8) is 0 Å². The fourth-order valence-corrected chi connectivity index (χ4v) is 1.40. The highest BCUT2D eigenvalue weighted by atomic mass is 15.3. The highest BCUT2D eigenvalue weighted by Gasteiger charge is 2.06. The molecule has 96 valence electrons. The largest absolute Gasteiger partial charge is 0.368 e. The van der Waals surface area contributed by atoms with E-state index in [1.54, 1.807) is 15.8 Å². The van der Waals surface area contributed by atoms with Crippen molar-refractivity contribution in [2.45, 2.75) is 6.54 Å². The Balaban J connectivity index is 2.12. The summed E-state index contributed by atoms with van der Waals surface area (Å²) in [6, 6.07) is 1.92. The van der Waals surface area contributed by atoms with E-state index >= 15 is 0 Å². The summed E-state index contributed by atoms with van der Waals surface area (Å²) in [5.41, 5.74) is 6.66. The summed E-state index contributed by atoms with van der Waals surface area (Å²) >= 11 is 0. The first-order valence-corrected chi connectivity index (χ1v) is 5.46. The molecule has 0 spiro atoms. The Hall–Kier alpha value is -2.38. The van der Waals surface area contributed by atoms with Crippen LogP contribution < -0.4 is 16.0 Å². The molecule has 0 fully saturated rings. The van der Waals surface area contributed by atoms with Crippen molar-refractivity contribution in [3.05, 3.63) is 18.0 Å². The van der Waals surface area contributed by atoms with E-state index in [0.717, 1.165) is 5.69 Å². The monoisotopic (exact) mass is 248 g/mol. The zero-order chi connectivity index (χ0) is 13.1. The molecule has 0 aliphatic rings. The molecule has 0 radical (unpaired) electrons. The smallest absolute Gasteiger partial charge is 0.231 e. The van der Waals surface area contributed by atoms with Gasteiger partial charge in [0, 0.05) is 27.3 Å². The van der Waals surface area contributed by atoms with Crippen LogP contribution in [0.3, 0.4) is 0 Å². The fraction of sp³-hybridized carbons (Fsp3) is 0.400. The Bertz CT molecular complexity index is 532. The lowest BCUT2D eigenvalue weighted by molar-refractivity contribution is 0.719. The van der Waals surface area contributed by atoms with Crippen LogP contribution in [0.4, 0.5) is 17.8 Å². The first-order chi connectivity index (χ1) is 8.56. The molecule has 18 heavy (non-hydrogen) atoms. The molecular formula is C10H16N8. The topological polar surface area (TPSA) is 97.8 Å². The van der Waals surface area contributed by atoms with Crippen LogP contribution in [0.25, 0.3) is 0 Å². The second-order valence-corrected chi connectivity index (χ2v) is 4.01. The molecule has 8 heteroatoms. The molecule has 0 unspecified atom stereocenters. The van der Waals surface area contributed by atoms with Crippen molar-refractivity contribution in [3.8, 4) is 0 Å². The van der Waals surface area contributed by atoms with E-state index in [1.165, 1.54) is 0 Å². The highest BCUT2D eigenvalue weighted by Crippen LogP contribution is 2.10. The van der Waals surface area contributed by atoms with Crippen LogP contribution in [0.1, 0.15) is 5.69 Å². The molecule has 2 aromatic rings. The minimum absolute atomic E-state index is 0.196. The van der Waals surface area contributed by atoms with Gasteiger partial charge in [0.05, 0.1) is 12.2 Å². The molecule has 0 saturated heterocycles. The number of hydrogen-bond acceptors (Lipinski definition) is 7. The first kappa shape index (κ1) is 12.1. The van der Waals surface area contributed by atoms with Crippen molar-refractivity contribution in [2.24, 2.45) is 7.05 Å². The number of rotatable bonds is 4. The van der Waals surface area contributed by atoms with Gasteiger partial charge in [-0.2, -0.15) is 20.1 Å². The number of aromatic nitrogens is 5. The van der Waals surface area contributed by atoms with Gasteiger partial charge in [0.15, 0.2) is 0 Å². The van der Waals surface area contributed by atoms with Crippen LogP contribution in [0.5, 0.6) is 0 Å². The Kier molecular flexibility index (Phi) is 3.26. The molecule has 2 rings (SSSR count). The van der Waals surface area contributed by atoms with Crippen LogP contribution in [0.2, 0.25) is 0 Å². The minimum Gasteiger partial charge on any atom is -0.368 e. The maximum Gasteiger partial charge on any atom is 0.231 e. The van der Waals surface area contributed by atoms with Crippen molar-refractivity contribution in [2.75, 3.05) is 30.0 Å². The molecule has 0 aliphatic heterocycles. The van der Waals surface area contributed by atoms with E-state index in [2.05, 4.69) is 25.4 Å². The summed E-state index contributed by atoms with van der Waals surface area (Å²) < 4.78 is 1.78. The zero-order valence-electron chi connectivity index (χ0n) is 10.6. The number of nitrogens with two attached hydrogens (primary N) is 1. The lowest BCUT2D eigenvalue weighted by Crippen LogP contribution is -2.16. The summed E-state index contributed by atoms with van der Waals surface area (Å²) in [6.45, 7) is 0.576. The first-order valence-electron chi connectivity index (χ1n) is 5.46. The van der Waals surface area contributed by atoms with Crippen LogP contribution in [0.15, 0.2) is 12.3 Å². The summed E-state index contributed by atoms with van der Waals surface area (Å²) in [5.74, 6) is 1.17. The van der Waals surface area contributed by atoms with Gasteiger partial charge in [0.25, 0.3) is 0 Å². The third-order valence-electron chi connectivity index (χ3n) is 2.39. The Morgan fingerprint density at radius 1 is 1.33 bits per heavy atom. The van der Waals surface area contributed by atoms with Crippen molar-refractivity contribution in [1.82, 2.24) is 24.7 Å². The number of aryl methyl sites for hydroxylation is 1. The minimum atomic E-state index is 0.196. The molecule has 3 N–H and O–H groups in total. The zero-order valence-corrected chi connectivity index (χ0v) is 10.6. The summed E-state index contributed by atoms with van der Waals surface area (Å²) in [7, 11) is 5.57. The molecular weight excluding hydrogens is 232 g/mol. The van der Waals surface area contributed by atoms with Gasteiger partial charge in [-0.25, -0.2) is 0 Å². The van der Waals surface area contributed by atoms with E-state index < -0.39 is 0 Å². The van der Waals surface area contributed by atoms with E-state index in [1.807, 2.05) is 27.2 Å². The van der Waals surface area contributed by atoms with Crippen LogP contribution >= 0.6 is 0 Å². The molecule has 0 atom stereocenters. The van der Waals surface area contributed by atoms with Gasteiger partial charge < -0.3 is 16.0 Å². The number of anilines is 3. The van der Waals surface area contributed by atoms with E-state index in [9.17, 15) is 0 Å². The highest BCUT2D eigenvalue weighted by molar-refractivity contribution is 5.40. The van der Waals surface area contributed by atoms with Crippen LogP contribution in [0, 0.1) is 0 Å². The molecule has 2 aromatic heterocycles. The van der Waals surface area contributed by atoms with Gasteiger partial charge in [-0.15, -0.1) is 0 Å². The third kappa shape index (κ3) is 2.65. The van der Waals surface area contributed by atoms with Gasteiger partial charge >= 0.3 is 0 Å². The molecule has 2 heterocycles. The number of hydrogen-bond donors (Lipinski definition) is 2. The predicted octanol–water partition coefficient (Wildman–Crippen LogP) is -0.135. The van der Waals surface area contributed by atoms with Crippen LogP contribution in [-0.4, -0.2) is 38.8 Å². The van der Waals surface area contributed by atoms with Gasteiger partial charge in [-0.1, -0.05) is 0 Å². The van der Waals surface area contributed by atoms with Crippen LogP contribution in [-0.2, 0) is 13.6 Å². The van der Waals surface area contributed by atoms with Crippen molar-refractivity contribution >= 4 is 17.8 Å². The normalized spacial score (nSPS) is 10.4. The number of nitrogen functional groups attached to an aromatic ring is 1. The second kappa shape index (κ2) is 4.86. The Morgan fingerprint density at radius 2 is 2.11 bits per heavy atom. The predicted molar refractivity (Wildman–Crippen MR) is 69.1 cm³/mol. The fourth-order valence-electron chi connectivity index (χ4n) is 1.40. The number of nitrogens with one attached hydrogen (secondary N) is 1. The number of nitrogens with zero attached hydrogens (tertiary/aromatic N) is 6. The Labute approximate surface area is 105 Å². The standard InChI is InChI=1S/C10H16N8/c1-17(2)10-15-8(11)14-9(16-10)12-6-7-4-5-13-18(7)3/h4-5H,6H2,1-3H3,(H3,11,12,14,15,16). The van der Waals surface area contributed by atoms with Gasteiger partial charge in [-0.05, 0) is 6.07 Å². The van der Waals surface area contributed by atoms with E-state index in [-0.39, 0.29) is 5.95 Å². The third-order valence-corrected chi connectivity index (χ3v) is 2.39. The summed E-state index contributed by atoms with van der Waals surface area (Å²) in [5, 5.41) is 7.18. The molecule has 0 aromatic carbocycles. The van der Waals surface area contributed by atoms with Gasteiger partial charge in [0.2, 0.25) is 17.8 Å². The molecule has 0 saturated carbocycles. The summed E-state index contributed by atoms with van der Waals surface area (Å²) in [4.78, 5) is 14.1. The maximum atomic E-state index is 5.63. The van der Waals surface area contributed by atoms with E-state index in [4.69, 9.17) is 5.73 Å². The SMILES string of the molecule is CN(C)c1nc(N)nc(NCc2ccnn2C)n1. The quantitative estimate of drug-likeness (QED) is 0.777. The second-order valence-electron chi connectivity index (χ2n) is 4.01. The molecule has 0 amide bonds. The van der Waals surface area contributed by atoms with Crippen molar-refractivity contribution < 1.29 is 0 Å². The Morgan fingerprint density at radius 3 is 2.72 bits per heavy atom. The molecule has 0 bridgehead atoms. The van der Waals surface area contributed by atoms with Gasteiger partial charge in [0.1, 0.15) is 0 Å². The average Bonchev–Trinajstić information content (AvgIpc) is 2.71.